The first-order valence-electron chi connectivity index (χ1n) is 3.55. The molecule has 3 nitrogen and oxygen atoms in total. The van der Waals surface area contributed by atoms with Gasteiger partial charge in [0.1, 0.15) is 0 Å². The van der Waals surface area contributed by atoms with Crippen molar-refractivity contribution in [3.63, 3.8) is 0 Å². The maximum absolute atomic E-state index is 3.90. The predicted molar refractivity (Wildman–Crippen MR) is 48.3 cm³/mol. The van der Waals surface area contributed by atoms with Crippen LogP contribution in [0.5, 0.6) is 0 Å². The Hall–Kier alpha value is 0.1000. The molecule has 1 aliphatic carbocycles. The van der Waals surface area contributed by atoms with Gasteiger partial charge in [-0.05, 0) is 51.1 Å². The second-order valence-corrected chi connectivity index (χ2v) is 4.11. The van der Waals surface area contributed by atoms with Crippen molar-refractivity contribution >= 4 is 31.9 Å². The van der Waals surface area contributed by atoms with Gasteiger partial charge < -0.3 is 0 Å². The minimum atomic E-state index is 0.605. The topological polar surface area (TPSA) is 30.7 Å². The van der Waals surface area contributed by atoms with E-state index in [0.717, 1.165) is 9.47 Å². The molecule has 0 radical (unpaired) electrons. The van der Waals surface area contributed by atoms with E-state index >= 15 is 0 Å². The molecule has 0 aliphatic heterocycles. The van der Waals surface area contributed by atoms with Crippen molar-refractivity contribution in [2.75, 3.05) is 0 Å². The van der Waals surface area contributed by atoms with Crippen LogP contribution in [0.25, 0.3) is 0 Å². The summed E-state index contributed by atoms with van der Waals surface area (Å²) in [5, 5.41) is 7.80. The van der Waals surface area contributed by atoms with E-state index in [1.807, 2.05) is 0 Å². The van der Waals surface area contributed by atoms with Crippen LogP contribution in [0.2, 0.25) is 0 Å². The summed E-state index contributed by atoms with van der Waals surface area (Å²) in [7, 11) is 0. The Morgan fingerprint density at radius 1 is 1.18 bits per heavy atom. The number of nitrogens with zero attached hydrogens (tertiary/aromatic N) is 3. The monoisotopic (exact) mass is 279 g/mol. The summed E-state index contributed by atoms with van der Waals surface area (Å²) < 4.78 is 3.74. The maximum atomic E-state index is 3.90. The number of hydrogen-bond donors (Lipinski definition) is 0. The Kier molecular flexibility index (Phi) is 2.01. The van der Waals surface area contributed by atoms with Crippen molar-refractivity contribution in [2.24, 2.45) is 0 Å². The summed E-state index contributed by atoms with van der Waals surface area (Å²) >= 11 is 6.70. The average Bonchev–Trinajstić information content (AvgIpc) is 2.15. The summed E-state index contributed by atoms with van der Waals surface area (Å²) in [6.07, 6.45) is 3.81. The van der Waals surface area contributed by atoms with Crippen molar-refractivity contribution in [1.29, 1.82) is 0 Å². The van der Waals surface area contributed by atoms with E-state index in [2.05, 4.69) is 46.6 Å². The zero-order valence-electron chi connectivity index (χ0n) is 5.80. The van der Waals surface area contributed by atoms with Crippen LogP contribution < -0.4 is 0 Å². The number of halogens is 2. The second kappa shape index (κ2) is 2.86. The molecule has 0 saturated heterocycles. The first-order chi connectivity index (χ1) is 5.29. The summed E-state index contributed by atoms with van der Waals surface area (Å²) in [6.45, 7) is 0. The molecule has 60 valence electrons. The number of hydrogen-bond acceptors (Lipinski definition) is 2. The van der Waals surface area contributed by atoms with Gasteiger partial charge in [0, 0.05) is 6.04 Å². The van der Waals surface area contributed by atoms with Gasteiger partial charge in [0.05, 0.1) is 0 Å². The van der Waals surface area contributed by atoms with Crippen LogP contribution >= 0.6 is 31.9 Å². The van der Waals surface area contributed by atoms with Crippen LogP contribution in [-0.2, 0) is 0 Å². The van der Waals surface area contributed by atoms with Crippen LogP contribution in [0.3, 0.4) is 0 Å². The lowest BCUT2D eigenvalue weighted by molar-refractivity contribution is 0.304. The largest absolute Gasteiger partial charge is 0.293 e. The molecule has 0 N–H and O–H groups in total. The van der Waals surface area contributed by atoms with Gasteiger partial charge in [-0.25, -0.2) is 0 Å². The molecule has 0 spiro atoms. The third kappa shape index (κ3) is 1.24. The van der Waals surface area contributed by atoms with Gasteiger partial charge >= 0.3 is 0 Å². The molecular formula is C6H7Br2N3. The summed E-state index contributed by atoms with van der Waals surface area (Å²) in [5.74, 6) is 0. The van der Waals surface area contributed by atoms with Gasteiger partial charge in [0.15, 0.2) is 0 Å². The molecule has 1 fully saturated rings. The Morgan fingerprint density at radius 3 is 2.09 bits per heavy atom. The lowest BCUT2D eigenvalue weighted by Gasteiger charge is -2.27. The Labute approximate surface area is 81.4 Å². The van der Waals surface area contributed by atoms with Crippen LogP contribution in [0.1, 0.15) is 25.3 Å². The lowest BCUT2D eigenvalue weighted by Crippen LogP contribution is -2.17. The fraction of sp³-hybridized carbons (Fsp3) is 0.667. The molecule has 1 aromatic rings. The molecule has 0 unspecified atom stereocenters. The maximum Gasteiger partial charge on any atom is 0.201 e. The highest BCUT2D eigenvalue weighted by atomic mass is 79.9. The fourth-order valence-electron chi connectivity index (χ4n) is 1.20. The SMILES string of the molecule is Brc1nnc(Br)n1C1CCC1. The van der Waals surface area contributed by atoms with Crippen molar-refractivity contribution in [1.82, 2.24) is 14.8 Å². The van der Waals surface area contributed by atoms with E-state index in [1.54, 1.807) is 0 Å². The molecule has 0 aromatic carbocycles. The molecule has 5 heteroatoms. The standard InChI is InChI=1S/C6H7Br2N3/c7-5-9-10-6(8)11(5)4-2-1-3-4/h4H,1-3H2. The average molecular weight is 281 g/mol. The molecule has 0 amide bonds. The second-order valence-electron chi connectivity index (χ2n) is 2.69. The minimum absolute atomic E-state index is 0.605. The molecule has 1 aliphatic rings. The van der Waals surface area contributed by atoms with Gasteiger partial charge in [-0.3, -0.25) is 4.57 Å². The van der Waals surface area contributed by atoms with Crippen LogP contribution in [-0.4, -0.2) is 14.8 Å². The highest BCUT2D eigenvalue weighted by Crippen LogP contribution is 2.35. The first-order valence-corrected chi connectivity index (χ1v) is 5.13. The zero-order chi connectivity index (χ0) is 7.84. The fourth-order valence-corrected chi connectivity index (χ4v) is 2.51. The first kappa shape index (κ1) is 7.73. The third-order valence-electron chi connectivity index (χ3n) is 2.05. The smallest absolute Gasteiger partial charge is 0.201 e. The predicted octanol–water partition coefficient (Wildman–Crippen LogP) is 2.53. The van der Waals surface area contributed by atoms with Crippen LogP contribution in [0.15, 0.2) is 9.47 Å². The molecular weight excluding hydrogens is 274 g/mol. The number of aromatic nitrogens is 3. The Morgan fingerprint density at radius 2 is 1.73 bits per heavy atom. The lowest BCUT2D eigenvalue weighted by atomic mass is 9.93. The Bertz CT molecular complexity index is 247. The van der Waals surface area contributed by atoms with Gasteiger partial charge in [0.25, 0.3) is 0 Å². The van der Waals surface area contributed by atoms with Gasteiger partial charge in [-0.1, -0.05) is 0 Å². The van der Waals surface area contributed by atoms with Crippen molar-refractivity contribution < 1.29 is 0 Å². The molecule has 11 heavy (non-hydrogen) atoms. The molecule has 0 atom stereocenters. The van der Waals surface area contributed by atoms with Crippen LogP contribution in [0.4, 0.5) is 0 Å². The van der Waals surface area contributed by atoms with Crippen molar-refractivity contribution in [2.45, 2.75) is 25.3 Å². The quantitative estimate of drug-likeness (QED) is 0.792. The van der Waals surface area contributed by atoms with Crippen LogP contribution in [0, 0.1) is 0 Å². The summed E-state index contributed by atoms with van der Waals surface area (Å²) in [6, 6.07) is 0.605. The molecule has 1 saturated carbocycles. The molecule has 1 heterocycles. The Balaban J connectivity index is 2.33. The summed E-state index contributed by atoms with van der Waals surface area (Å²) in [4.78, 5) is 0. The van der Waals surface area contributed by atoms with Crippen molar-refractivity contribution in [3.8, 4) is 0 Å². The number of rotatable bonds is 1. The van der Waals surface area contributed by atoms with E-state index in [-0.39, 0.29) is 0 Å². The molecule has 1 aromatic heterocycles. The normalized spacial score (nSPS) is 18.4. The van der Waals surface area contributed by atoms with E-state index in [4.69, 9.17) is 0 Å². The zero-order valence-corrected chi connectivity index (χ0v) is 8.97. The molecule has 0 bridgehead atoms. The summed E-state index contributed by atoms with van der Waals surface area (Å²) in [5.41, 5.74) is 0. The van der Waals surface area contributed by atoms with Gasteiger partial charge in [-0.2, -0.15) is 0 Å². The minimum Gasteiger partial charge on any atom is -0.293 e. The van der Waals surface area contributed by atoms with Gasteiger partial charge in [0.2, 0.25) is 9.47 Å². The van der Waals surface area contributed by atoms with E-state index in [9.17, 15) is 0 Å². The van der Waals surface area contributed by atoms with Crippen molar-refractivity contribution in [3.05, 3.63) is 9.47 Å². The third-order valence-corrected chi connectivity index (χ3v) is 3.13. The van der Waals surface area contributed by atoms with E-state index < -0.39 is 0 Å². The van der Waals surface area contributed by atoms with E-state index in [1.165, 1.54) is 19.3 Å². The molecule has 2 rings (SSSR count). The highest BCUT2D eigenvalue weighted by Gasteiger charge is 2.23. The van der Waals surface area contributed by atoms with Gasteiger partial charge in [-0.15, -0.1) is 10.2 Å². The highest BCUT2D eigenvalue weighted by molar-refractivity contribution is 9.11. The van der Waals surface area contributed by atoms with E-state index in [0.29, 0.717) is 6.04 Å².